The molecule has 0 aliphatic carbocycles. The van der Waals surface area contributed by atoms with Crippen molar-refractivity contribution in [2.24, 2.45) is 0 Å². The SMILES string of the molecule is CCOC(=O)/C=C/C(=O)NC(=S)Nc1ccc(C)c(NC(C)=O)c1. The number of amides is 2. The summed E-state index contributed by atoms with van der Waals surface area (Å²) in [7, 11) is 0. The molecule has 0 fully saturated rings. The van der Waals surface area contributed by atoms with Crippen LogP contribution in [0.4, 0.5) is 11.4 Å². The van der Waals surface area contributed by atoms with E-state index in [9.17, 15) is 14.4 Å². The lowest BCUT2D eigenvalue weighted by Gasteiger charge is -2.12. The lowest BCUT2D eigenvalue weighted by molar-refractivity contribution is -0.137. The minimum absolute atomic E-state index is 0.0612. The summed E-state index contributed by atoms with van der Waals surface area (Å²) in [6, 6.07) is 5.26. The summed E-state index contributed by atoms with van der Waals surface area (Å²) in [6.07, 6.45) is 2.05. The van der Waals surface area contributed by atoms with Crippen molar-refractivity contribution in [1.82, 2.24) is 5.32 Å². The molecule has 7 nitrogen and oxygen atoms in total. The van der Waals surface area contributed by atoms with E-state index in [2.05, 4.69) is 20.7 Å². The Morgan fingerprint density at radius 1 is 1.21 bits per heavy atom. The van der Waals surface area contributed by atoms with Gasteiger partial charge in [0.1, 0.15) is 0 Å². The van der Waals surface area contributed by atoms with Crippen LogP contribution in [0.15, 0.2) is 30.4 Å². The van der Waals surface area contributed by atoms with Crippen molar-refractivity contribution in [1.29, 1.82) is 0 Å². The van der Waals surface area contributed by atoms with E-state index in [0.717, 1.165) is 17.7 Å². The number of rotatable bonds is 5. The van der Waals surface area contributed by atoms with Gasteiger partial charge in [0.15, 0.2) is 5.11 Å². The smallest absolute Gasteiger partial charge is 0.330 e. The molecule has 0 atom stereocenters. The average molecular weight is 349 g/mol. The normalized spacial score (nSPS) is 10.1. The van der Waals surface area contributed by atoms with Crippen LogP contribution in [0.1, 0.15) is 19.4 Å². The number of anilines is 2. The van der Waals surface area contributed by atoms with Gasteiger partial charge in [0.2, 0.25) is 11.8 Å². The fourth-order valence-corrected chi connectivity index (χ4v) is 1.89. The molecule has 2 amide bonds. The highest BCUT2D eigenvalue weighted by Gasteiger charge is 2.06. The summed E-state index contributed by atoms with van der Waals surface area (Å²) in [5.74, 6) is -1.35. The summed E-state index contributed by atoms with van der Waals surface area (Å²) in [6.45, 7) is 5.17. The van der Waals surface area contributed by atoms with Gasteiger partial charge >= 0.3 is 5.97 Å². The van der Waals surface area contributed by atoms with E-state index in [1.807, 2.05) is 6.92 Å². The molecule has 1 rings (SSSR count). The third-order valence-corrected chi connectivity index (χ3v) is 2.90. The maximum atomic E-state index is 11.6. The first-order valence-electron chi connectivity index (χ1n) is 7.17. The first kappa shape index (κ1) is 19.3. The maximum Gasteiger partial charge on any atom is 0.330 e. The second kappa shape index (κ2) is 9.41. The van der Waals surface area contributed by atoms with Gasteiger partial charge in [-0.2, -0.15) is 0 Å². The fraction of sp³-hybridized carbons (Fsp3) is 0.250. The molecule has 0 heterocycles. The first-order valence-corrected chi connectivity index (χ1v) is 7.57. The van der Waals surface area contributed by atoms with E-state index in [4.69, 9.17) is 12.2 Å². The second-order valence-electron chi connectivity index (χ2n) is 4.74. The van der Waals surface area contributed by atoms with Crippen molar-refractivity contribution in [3.63, 3.8) is 0 Å². The maximum absolute atomic E-state index is 11.6. The fourth-order valence-electron chi connectivity index (χ4n) is 1.67. The number of hydrogen-bond donors (Lipinski definition) is 3. The molecule has 8 heteroatoms. The van der Waals surface area contributed by atoms with Crippen molar-refractivity contribution in [3.05, 3.63) is 35.9 Å². The van der Waals surface area contributed by atoms with Gasteiger partial charge in [0, 0.05) is 30.5 Å². The predicted molar refractivity (Wildman–Crippen MR) is 95.6 cm³/mol. The van der Waals surface area contributed by atoms with Crippen LogP contribution in [-0.4, -0.2) is 29.5 Å². The number of hydrogen-bond acceptors (Lipinski definition) is 5. The molecule has 1 aromatic rings. The van der Waals surface area contributed by atoms with Crippen LogP contribution in [0, 0.1) is 6.92 Å². The van der Waals surface area contributed by atoms with Gasteiger partial charge in [-0.15, -0.1) is 0 Å². The first-order chi connectivity index (χ1) is 11.3. The molecule has 0 saturated carbocycles. The minimum Gasteiger partial charge on any atom is -0.463 e. The highest BCUT2D eigenvalue weighted by Crippen LogP contribution is 2.20. The number of thiocarbonyl (C=S) groups is 1. The van der Waals surface area contributed by atoms with E-state index < -0.39 is 11.9 Å². The van der Waals surface area contributed by atoms with Crippen molar-refractivity contribution in [2.75, 3.05) is 17.2 Å². The summed E-state index contributed by atoms with van der Waals surface area (Å²) in [5, 5.41) is 7.99. The molecule has 1 aromatic carbocycles. The Bertz CT molecular complexity index is 686. The lowest BCUT2D eigenvalue weighted by atomic mass is 10.2. The van der Waals surface area contributed by atoms with Crippen molar-refractivity contribution < 1.29 is 19.1 Å². The molecule has 0 aromatic heterocycles. The van der Waals surface area contributed by atoms with E-state index in [1.165, 1.54) is 6.92 Å². The van der Waals surface area contributed by atoms with E-state index >= 15 is 0 Å². The highest BCUT2D eigenvalue weighted by atomic mass is 32.1. The molecule has 0 unspecified atom stereocenters. The van der Waals surface area contributed by atoms with Crippen molar-refractivity contribution in [3.8, 4) is 0 Å². The Balaban J connectivity index is 2.63. The van der Waals surface area contributed by atoms with Gasteiger partial charge in [-0.1, -0.05) is 6.07 Å². The van der Waals surface area contributed by atoms with Gasteiger partial charge in [0.25, 0.3) is 0 Å². The molecule has 24 heavy (non-hydrogen) atoms. The summed E-state index contributed by atoms with van der Waals surface area (Å²) in [5.41, 5.74) is 2.14. The van der Waals surface area contributed by atoms with Gasteiger partial charge < -0.3 is 15.4 Å². The van der Waals surface area contributed by atoms with Crippen LogP contribution in [0.25, 0.3) is 0 Å². The van der Waals surface area contributed by atoms with Crippen LogP contribution in [0.2, 0.25) is 0 Å². The number of benzene rings is 1. The molecule has 0 saturated heterocycles. The van der Waals surface area contributed by atoms with E-state index in [-0.39, 0.29) is 17.6 Å². The number of nitrogens with one attached hydrogen (secondary N) is 3. The lowest BCUT2D eigenvalue weighted by Crippen LogP contribution is -2.33. The van der Waals surface area contributed by atoms with Gasteiger partial charge in [-0.25, -0.2) is 4.79 Å². The zero-order valence-corrected chi connectivity index (χ0v) is 14.5. The number of carbonyl (C=O) groups excluding carboxylic acids is 3. The zero-order chi connectivity index (χ0) is 18.1. The molecule has 0 bridgehead atoms. The summed E-state index contributed by atoms with van der Waals surface area (Å²) < 4.78 is 4.66. The molecule has 3 N–H and O–H groups in total. The molecule has 0 spiro atoms. The monoisotopic (exact) mass is 349 g/mol. The Morgan fingerprint density at radius 3 is 2.54 bits per heavy atom. The average Bonchev–Trinajstić information content (AvgIpc) is 2.48. The standard InChI is InChI=1S/C16H19N3O4S/c1-4-23-15(22)8-7-14(21)19-16(24)18-12-6-5-10(2)13(9-12)17-11(3)20/h5-9H,4H2,1-3H3,(H,17,20)(H2,18,19,21,24)/b8-7+. The number of esters is 1. The van der Waals surface area contributed by atoms with Crippen molar-refractivity contribution >= 4 is 46.5 Å². The van der Waals surface area contributed by atoms with Gasteiger partial charge in [-0.05, 0) is 43.8 Å². The van der Waals surface area contributed by atoms with Crippen LogP contribution in [-0.2, 0) is 19.1 Å². The van der Waals surface area contributed by atoms with Crippen LogP contribution in [0.5, 0.6) is 0 Å². The minimum atomic E-state index is -0.606. The second-order valence-corrected chi connectivity index (χ2v) is 5.15. The zero-order valence-electron chi connectivity index (χ0n) is 13.6. The number of ether oxygens (including phenoxy) is 1. The predicted octanol–water partition coefficient (Wildman–Crippen LogP) is 1.89. The summed E-state index contributed by atoms with van der Waals surface area (Å²) >= 11 is 5.03. The Kier molecular flexibility index (Phi) is 7.57. The quantitative estimate of drug-likeness (QED) is 0.427. The van der Waals surface area contributed by atoms with Gasteiger partial charge in [-0.3, -0.25) is 14.9 Å². The number of aryl methyl sites for hydroxylation is 1. The van der Waals surface area contributed by atoms with E-state index in [1.54, 1.807) is 25.1 Å². The van der Waals surface area contributed by atoms with Crippen LogP contribution < -0.4 is 16.0 Å². The molecule has 0 aliphatic rings. The van der Waals surface area contributed by atoms with E-state index in [0.29, 0.717) is 11.4 Å². The van der Waals surface area contributed by atoms with Crippen LogP contribution in [0.3, 0.4) is 0 Å². The molecule has 0 aliphatic heterocycles. The molecular formula is C16H19N3O4S. The number of carbonyl (C=O) groups is 3. The third kappa shape index (κ3) is 7.01. The topological polar surface area (TPSA) is 96.5 Å². The van der Waals surface area contributed by atoms with Crippen molar-refractivity contribution in [2.45, 2.75) is 20.8 Å². The summed E-state index contributed by atoms with van der Waals surface area (Å²) in [4.78, 5) is 33.9. The largest absolute Gasteiger partial charge is 0.463 e. The van der Waals surface area contributed by atoms with Gasteiger partial charge in [0.05, 0.1) is 6.61 Å². The van der Waals surface area contributed by atoms with Crippen LogP contribution >= 0.6 is 12.2 Å². The Morgan fingerprint density at radius 2 is 1.92 bits per heavy atom. The third-order valence-electron chi connectivity index (χ3n) is 2.70. The Hall–Kier alpha value is -2.74. The Labute approximate surface area is 145 Å². The highest BCUT2D eigenvalue weighted by molar-refractivity contribution is 7.80. The molecule has 0 radical (unpaired) electrons. The molecular weight excluding hydrogens is 330 g/mol. The molecule has 128 valence electrons.